The number of nitrogens with zero attached hydrogens (tertiary/aromatic N) is 2. The van der Waals surface area contributed by atoms with E-state index >= 15 is 0 Å². The minimum Gasteiger partial charge on any atom is -0.376 e. The molecule has 4 rings (SSSR count). The van der Waals surface area contributed by atoms with Crippen LogP contribution >= 0.6 is 0 Å². The van der Waals surface area contributed by atoms with E-state index in [4.69, 9.17) is 4.74 Å². The molecule has 2 saturated heterocycles. The molecule has 2 aromatic rings. The molecule has 3 heterocycles. The van der Waals surface area contributed by atoms with Gasteiger partial charge in [-0.25, -0.2) is 13.4 Å². The lowest BCUT2D eigenvalue weighted by Crippen LogP contribution is -2.38. The topological polar surface area (TPSA) is 71.5 Å². The Labute approximate surface area is 173 Å². The van der Waals surface area contributed by atoms with E-state index in [9.17, 15) is 8.42 Å². The van der Waals surface area contributed by atoms with Crippen molar-refractivity contribution in [2.45, 2.75) is 43.1 Å². The molecule has 29 heavy (non-hydrogen) atoms. The van der Waals surface area contributed by atoms with Gasteiger partial charge in [0, 0.05) is 32.4 Å². The van der Waals surface area contributed by atoms with E-state index in [0.717, 1.165) is 38.7 Å². The van der Waals surface area contributed by atoms with Gasteiger partial charge in [-0.05, 0) is 55.7 Å². The van der Waals surface area contributed by atoms with Crippen LogP contribution in [0.5, 0.6) is 0 Å². The summed E-state index contributed by atoms with van der Waals surface area (Å²) >= 11 is 0. The molecule has 1 aromatic carbocycles. The highest BCUT2D eigenvalue weighted by Gasteiger charge is 2.29. The molecule has 0 unspecified atom stereocenters. The Morgan fingerprint density at radius 2 is 1.86 bits per heavy atom. The molecule has 0 spiro atoms. The standard InChI is InChI=1S/C22H29N3O3S/c26-29(27,21-8-9-22(24-17-21)23-16-20-7-4-14-28-20)25-12-10-19(11-13-25)15-18-5-2-1-3-6-18/h1-3,5-6,8-9,17,19-20H,4,7,10-16H2,(H,23,24)/t20-/m1/s1. The van der Waals surface area contributed by atoms with Crippen LogP contribution in [0.2, 0.25) is 0 Å². The highest BCUT2D eigenvalue weighted by Crippen LogP contribution is 2.26. The van der Waals surface area contributed by atoms with Crippen molar-refractivity contribution in [3.8, 4) is 0 Å². The van der Waals surface area contributed by atoms with Crippen LogP contribution in [0.4, 0.5) is 5.82 Å². The zero-order chi connectivity index (χ0) is 20.1. The monoisotopic (exact) mass is 415 g/mol. The predicted octanol–water partition coefficient (Wildman–Crippen LogP) is 3.32. The molecule has 0 saturated carbocycles. The largest absolute Gasteiger partial charge is 0.376 e. The van der Waals surface area contributed by atoms with Gasteiger partial charge in [-0.1, -0.05) is 30.3 Å². The first-order chi connectivity index (χ1) is 14.1. The van der Waals surface area contributed by atoms with Crippen molar-refractivity contribution in [1.82, 2.24) is 9.29 Å². The number of sulfonamides is 1. The summed E-state index contributed by atoms with van der Waals surface area (Å²) in [6, 6.07) is 13.8. The second-order valence-corrected chi connectivity index (χ2v) is 9.87. The number of pyridine rings is 1. The van der Waals surface area contributed by atoms with E-state index in [1.807, 2.05) is 6.07 Å². The molecule has 1 atom stereocenters. The number of aromatic nitrogens is 1. The molecule has 1 aromatic heterocycles. The Balaban J connectivity index is 1.31. The highest BCUT2D eigenvalue weighted by atomic mass is 32.2. The van der Waals surface area contributed by atoms with Crippen molar-refractivity contribution in [1.29, 1.82) is 0 Å². The lowest BCUT2D eigenvalue weighted by molar-refractivity contribution is 0.120. The van der Waals surface area contributed by atoms with E-state index in [-0.39, 0.29) is 11.0 Å². The summed E-state index contributed by atoms with van der Waals surface area (Å²) in [6.07, 6.45) is 6.63. The van der Waals surface area contributed by atoms with E-state index in [0.29, 0.717) is 31.4 Å². The van der Waals surface area contributed by atoms with Crippen molar-refractivity contribution in [3.05, 3.63) is 54.2 Å². The molecule has 0 amide bonds. The van der Waals surface area contributed by atoms with Gasteiger partial charge in [0.15, 0.2) is 0 Å². The lowest BCUT2D eigenvalue weighted by atomic mass is 9.91. The number of piperidine rings is 1. The van der Waals surface area contributed by atoms with Crippen LogP contribution in [0.25, 0.3) is 0 Å². The van der Waals surface area contributed by atoms with Crippen LogP contribution in [-0.4, -0.2) is 50.1 Å². The Morgan fingerprint density at radius 3 is 2.52 bits per heavy atom. The fraction of sp³-hybridized carbons (Fsp3) is 0.500. The van der Waals surface area contributed by atoms with Crippen molar-refractivity contribution >= 4 is 15.8 Å². The normalized spacial score (nSPS) is 21.3. The Bertz CT molecular complexity index is 873. The second-order valence-electron chi connectivity index (χ2n) is 7.93. The Hall–Kier alpha value is -1.96. The van der Waals surface area contributed by atoms with Crippen molar-refractivity contribution in [3.63, 3.8) is 0 Å². The van der Waals surface area contributed by atoms with Crippen molar-refractivity contribution < 1.29 is 13.2 Å². The van der Waals surface area contributed by atoms with Gasteiger partial charge in [-0.15, -0.1) is 0 Å². The SMILES string of the molecule is O=S(=O)(c1ccc(NC[C@H]2CCCO2)nc1)N1CCC(Cc2ccccc2)CC1. The van der Waals surface area contributed by atoms with Crippen LogP contribution in [0, 0.1) is 5.92 Å². The molecular weight excluding hydrogens is 386 g/mol. The van der Waals surface area contributed by atoms with Gasteiger partial charge in [0.25, 0.3) is 0 Å². The summed E-state index contributed by atoms with van der Waals surface area (Å²) < 4.78 is 33.1. The molecule has 156 valence electrons. The zero-order valence-electron chi connectivity index (χ0n) is 16.7. The van der Waals surface area contributed by atoms with Gasteiger partial charge in [-0.2, -0.15) is 4.31 Å². The summed E-state index contributed by atoms with van der Waals surface area (Å²) in [7, 11) is -3.49. The third-order valence-corrected chi connectivity index (χ3v) is 7.73. The van der Waals surface area contributed by atoms with Crippen molar-refractivity contribution in [2.24, 2.45) is 5.92 Å². The summed E-state index contributed by atoms with van der Waals surface area (Å²) in [5.74, 6) is 1.22. The van der Waals surface area contributed by atoms with Gasteiger partial charge in [0.05, 0.1) is 6.10 Å². The van der Waals surface area contributed by atoms with Gasteiger partial charge in [-0.3, -0.25) is 0 Å². The molecule has 2 aliphatic heterocycles. The first kappa shape index (κ1) is 20.3. The van der Waals surface area contributed by atoms with Crippen LogP contribution < -0.4 is 5.32 Å². The molecule has 0 aliphatic carbocycles. The smallest absolute Gasteiger partial charge is 0.244 e. The van der Waals surface area contributed by atoms with Gasteiger partial charge in [0.2, 0.25) is 10.0 Å². The van der Waals surface area contributed by atoms with Gasteiger partial charge >= 0.3 is 0 Å². The van der Waals surface area contributed by atoms with E-state index in [1.54, 1.807) is 16.4 Å². The first-order valence-corrected chi connectivity index (χ1v) is 11.9. The number of nitrogens with one attached hydrogen (secondary N) is 1. The maximum atomic E-state index is 13.0. The fourth-order valence-corrected chi connectivity index (χ4v) is 5.53. The van der Waals surface area contributed by atoms with Gasteiger partial charge < -0.3 is 10.1 Å². The van der Waals surface area contributed by atoms with E-state index in [2.05, 4.69) is 34.6 Å². The zero-order valence-corrected chi connectivity index (χ0v) is 17.5. The van der Waals surface area contributed by atoms with Crippen molar-refractivity contribution in [2.75, 3.05) is 31.6 Å². The molecule has 7 heteroatoms. The number of rotatable bonds is 7. The number of hydrogen-bond donors (Lipinski definition) is 1. The number of benzene rings is 1. The molecule has 1 N–H and O–H groups in total. The number of ether oxygens (including phenoxy) is 1. The predicted molar refractivity (Wildman–Crippen MR) is 113 cm³/mol. The third-order valence-electron chi connectivity index (χ3n) is 5.85. The summed E-state index contributed by atoms with van der Waals surface area (Å²) in [5.41, 5.74) is 1.32. The number of hydrogen-bond acceptors (Lipinski definition) is 5. The average Bonchev–Trinajstić information content (AvgIpc) is 3.27. The quantitative estimate of drug-likeness (QED) is 0.751. The van der Waals surface area contributed by atoms with E-state index in [1.165, 1.54) is 11.8 Å². The second kappa shape index (κ2) is 9.24. The van der Waals surface area contributed by atoms with Crippen LogP contribution in [0.3, 0.4) is 0 Å². The first-order valence-electron chi connectivity index (χ1n) is 10.5. The molecular formula is C22H29N3O3S. The minimum atomic E-state index is -3.49. The summed E-state index contributed by atoms with van der Waals surface area (Å²) in [6.45, 7) is 2.66. The van der Waals surface area contributed by atoms with Crippen LogP contribution in [-0.2, 0) is 21.2 Å². The number of anilines is 1. The average molecular weight is 416 g/mol. The fourth-order valence-electron chi connectivity index (χ4n) is 4.11. The molecule has 2 fully saturated rings. The molecule has 6 nitrogen and oxygen atoms in total. The Morgan fingerprint density at radius 1 is 1.07 bits per heavy atom. The highest BCUT2D eigenvalue weighted by molar-refractivity contribution is 7.89. The molecule has 0 bridgehead atoms. The maximum Gasteiger partial charge on any atom is 0.244 e. The molecule has 0 radical (unpaired) electrons. The third kappa shape index (κ3) is 5.15. The maximum absolute atomic E-state index is 13.0. The van der Waals surface area contributed by atoms with E-state index < -0.39 is 10.0 Å². The van der Waals surface area contributed by atoms with Crippen LogP contribution in [0.15, 0.2) is 53.6 Å². The summed E-state index contributed by atoms with van der Waals surface area (Å²) in [5, 5.41) is 3.23. The van der Waals surface area contributed by atoms with Gasteiger partial charge in [0.1, 0.15) is 10.7 Å². The van der Waals surface area contributed by atoms with Crippen LogP contribution in [0.1, 0.15) is 31.2 Å². The summed E-state index contributed by atoms with van der Waals surface area (Å²) in [4.78, 5) is 4.56. The lowest BCUT2D eigenvalue weighted by Gasteiger charge is -2.31. The minimum absolute atomic E-state index is 0.220. The Kier molecular flexibility index (Phi) is 6.47. The molecule has 2 aliphatic rings.